The molecule has 0 radical (unpaired) electrons. The van der Waals surface area contributed by atoms with Crippen LogP contribution < -0.4 is 10.5 Å². The summed E-state index contributed by atoms with van der Waals surface area (Å²) < 4.78 is 42.1. The molecule has 1 aromatic rings. The minimum Gasteiger partial charge on any atom is -0.481 e. The van der Waals surface area contributed by atoms with Crippen molar-refractivity contribution in [3.8, 4) is 5.75 Å². The fourth-order valence-electron chi connectivity index (χ4n) is 1.65. The van der Waals surface area contributed by atoms with Gasteiger partial charge in [0.1, 0.15) is 5.75 Å². The Kier molecular flexibility index (Phi) is 2.34. The number of fused-ring (bicyclic) bond motifs is 1. The van der Waals surface area contributed by atoms with Gasteiger partial charge in [-0.2, -0.15) is 13.2 Å². The third kappa shape index (κ3) is 1.92. The van der Waals surface area contributed by atoms with Gasteiger partial charge in [0, 0.05) is 18.0 Å². The van der Waals surface area contributed by atoms with E-state index in [0.29, 0.717) is 5.56 Å². The maximum Gasteiger partial charge on any atom is 0.425 e. The molecule has 1 aliphatic heterocycles. The second kappa shape index (κ2) is 3.41. The van der Waals surface area contributed by atoms with E-state index >= 15 is 0 Å². The quantitative estimate of drug-likeness (QED) is 0.724. The van der Waals surface area contributed by atoms with Gasteiger partial charge in [0.25, 0.3) is 0 Å². The van der Waals surface area contributed by atoms with Crippen molar-refractivity contribution in [3.05, 3.63) is 29.8 Å². The Balaban J connectivity index is 2.30. The van der Waals surface area contributed by atoms with Crippen molar-refractivity contribution in [2.75, 3.05) is 0 Å². The molecule has 0 spiro atoms. The monoisotopic (exact) mass is 217 g/mol. The molecule has 0 saturated carbocycles. The molecule has 2 N–H and O–H groups in total. The molecular weight excluding hydrogens is 207 g/mol. The van der Waals surface area contributed by atoms with Crippen molar-refractivity contribution < 1.29 is 17.9 Å². The summed E-state index contributed by atoms with van der Waals surface area (Å²) in [4.78, 5) is 0. The lowest BCUT2D eigenvalue weighted by atomic mass is 9.97. The van der Waals surface area contributed by atoms with Crippen LogP contribution in [0.25, 0.3) is 0 Å². The van der Waals surface area contributed by atoms with Crippen molar-refractivity contribution >= 4 is 0 Å². The Morgan fingerprint density at radius 2 is 1.93 bits per heavy atom. The lowest BCUT2D eigenvalue weighted by Crippen LogP contribution is -2.40. The maximum absolute atomic E-state index is 12.4. The summed E-state index contributed by atoms with van der Waals surface area (Å²) >= 11 is 0. The molecule has 0 amide bonds. The Morgan fingerprint density at radius 1 is 1.27 bits per heavy atom. The molecular formula is C10H10F3NO. The number of alkyl halides is 3. The molecule has 82 valence electrons. The number of hydrogen-bond acceptors (Lipinski definition) is 2. The Labute approximate surface area is 84.8 Å². The fraction of sp³-hybridized carbons (Fsp3) is 0.400. The Hall–Kier alpha value is -1.23. The molecule has 0 unspecified atom stereocenters. The van der Waals surface area contributed by atoms with Crippen LogP contribution >= 0.6 is 0 Å². The van der Waals surface area contributed by atoms with Crippen molar-refractivity contribution in [3.63, 3.8) is 0 Å². The summed E-state index contributed by atoms with van der Waals surface area (Å²) in [6, 6.07) is 5.95. The van der Waals surface area contributed by atoms with Gasteiger partial charge < -0.3 is 10.5 Å². The van der Waals surface area contributed by atoms with Gasteiger partial charge in [-0.25, -0.2) is 0 Å². The van der Waals surface area contributed by atoms with Gasteiger partial charge in [-0.1, -0.05) is 18.2 Å². The zero-order valence-corrected chi connectivity index (χ0v) is 7.79. The minimum atomic E-state index is -4.36. The highest BCUT2D eigenvalue weighted by Gasteiger charge is 2.45. The fourth-order valence-corrected chi connectivity index (χ4v) is 1.65. The predicted molar refractivity (Wildman–Crippen MR) is 48.5 cm³/mol. The second-order valence-corrected chi connectivity index (χ2v) is 3.53. The summed E-state index contributed by atoms with van der Waals surface area (Å²) in [7, 11) is 0. The van der Waals surface area contributed by atoms with Crippen LogP contribution in [0.4, 0.5) is 13.2 Å². The van der Waals surface area contributed by atoms with Crippen LogP contribution in [0.5, 0.6) is 5.75 Å². The number of halogens is 3. The van der Waals surface area contributed by atoms with E-state index in [9.17, 15) is 13.2 Å². The first kappa shape index (κ1) is 10.3. The molecule has 2 nitrogen and oxygen atoms in total. The van der Waals surface area contributed by atoms with Crippen LogP contribution in [-0.4, -0.2) is 12.3 Å². The largest absolute Gasteiger partial charge is 0.481 e. The smallest absolute Gasteiger partial charge is 0.425 e. The van der Waals surface area contributed by atoms with E-state index < -0.39 is 18.3 Å². The lowest BCUT2D eigenvalue weighted by Gasteiger charge is -2.31. The molecule has 5 heteroatoms. The Bertz CT molecular complexity index is 364. The molecule has 1 aliphatic rings. The zero-order chi connectivity index (χ0) is 11.1. The summed E-state index contributed by atoms with van der Waals surface area (Å²) in [6.07, 6.45) is -6.37. The minimum absolute atomic E-state index is 0.222. The highest BCUT2D eigenvalue weighted by molar-refractivity contribution is 5.37. The molecule has 0 saturated heterocycles. The Morgan fingerprint density at radius 3 is 2.60 bits per heavy atom. The van der Waals surface area contributed by atoms with E-state index in [1.807, 2.05) is 0 Å². The van der Waals surface area contributed by atoms with E-state index in [4.69, 9.17) is 10.5 Å². The number of hydrogen-bond donors (Lipinski definition) is 1. The van der Waals surface area contributed by atoms with Crippen LogP contribution in [0.2, 0.25) is 0 Å². The van der Waals surface area contributed by atoms with Crippen LogP contribution in [0.3, 0.4) is 0 Å². The number of benzene rings is 1. The molecule has 15 heavy (non-hydrogen) atoms. The van der Waals surface area contributed by atoms with Gasteiger partial charge in [0.05, 0.1) is 0 Å². The van der Waals surface area contributed by atoms with Crippen molar-refractivity contribution in [2.24, 2.45) is 5.73 Å². The standard InChI is InChI=1S/C10H10F3NO/c11-10(12,13)9-5-7(14)6-3-1-2-4-8(6)15-9/h1-4,7,9H,5,14H2/t7-,9+/m1/s1. The van der Waals surface area contributed by atoms with Crippen LogP contribution in [0.1, 0.15) is 18.0 Å². The van der Waals surface area contributed by atoms with Crippen LogP contribution in [0.15, 0.2) is 24.3 Å². The van der Waals surface area contributed by atoms with E-state index in [1.165, 1.54) is 6.07 Å². The first-order valence-electron chi connectivity index (χ1n) is 4.56. The molecule has 2 rings (SSSR count). The highest BCUT2D eigenvalue weighted by Crippen LogP contribution is 2.38. The second-order valence-electron chi connectivity index (χ2n) is 3.53. The van der Waals surface area contributed by atoms with E-state index in [0.717, 1.165) is 0 Å². The molecule has 0 aliphatic carbocycles. The van der Waals surface area contributed by atoms with Crippen LogP contribution in [-0.2, 0) is 0 Å². The van der Waals surface area contributed by atoms with E-state index in [1.54, 1.807) is 18.2 Å². The summed E-state index contributed by atoms with van der Waals surface area (Å²) in [5.41, 5.74) is 6.29. The van der Waals surface area contributed by atoms with Crippen molar-refractivity contribution in [1.82, 2.24) is 0 Å². The third-order valence-electron chi connectivity index (χ3n) is 2.42. The van der Waals surface area contributed by atoms with Gasteiger partial charge in [-0.15, -0.1) is 0 Å². The number of ether oxygens (including phenoxy) is 1. The van der Waals surface area contributed by atoms with E-state index in [-0.39, 0.29) is 12.2 Å². The molecule has 1 heterocycles. The van der Waals surface area contributed by atoms with Gasteiger partial charge in [0.15, 0.2) is 6.10 Å². The summed E-state index contributed by atoms with van der Waals surface area (Å²) in [6.45, 7) is 0. The first-order chi connectivity index (χ1) is 6.98. The van der Waals surface area contributed by atoms with Crippen molar-refractivity contribution in [1.29, 1.82) is 0 Å². The molecule has 0 aromatic heterocycles. The summed E-state index contributed by atoms with van der Waals surface area (Å²) in [5.74, 6) is 0.235. The normalized spacial score (nSPS) is 25.6. The first-order valence-corrected chi connectivity index (χ1v) is 4.56. The third-order valence-corrected chi connectivity index (χ3v) is 2.42. The predicted octanol–water partition coefficient (Wildman–Crippen LogP) is 2.40. The SMILES string of the molecule is N[C@@H]1C[C@@H](C(F)(F)F)Oc2ccccc21. The van der Waals surface area contributed by atoms with Gasteiger partial charge in [0.2, 0.25) is 0 Å². The summed E-state index contributed by atoms with van der Waals surface area (Å²) in [5, 5.41) is 0. The molecule has 1 aromatic carbocycles. The number of nitrogens with two attached hydrogens (primary N) is 1. The molecule has 2 atom stereocenters. The van der Waals surface area contributed by atoms with Gasteiger partial charge >= 0.3 is 6.18 Å². The number of para-hydroxylation sites is 1. The average molecular weight is 217 g/mol. The van der Waals surface area contributed by atoms with Crippen LogP contribution in [0, 0.1) is 0 Å². The lowest BCUT2D eigenvalue weighted by molar-refractivity contribution is -0.200. The average Bonchev–Trinajstić information content (AvgIpc) is 2.16. The topological polar surface area (TPSA) is 35.2 Å². The van der Waals surface area contributed by atoms with Crippen molar-refractivity contribution in [2.45, 2.75) is 24.7 Å². The van der Waals surface area contributed by atoms with Gasteiger partial charge in [-0.3, -0.25) is 0 Å². The highest BCUT2D eigenvalue weighted by atomic mass is 19.4. The zero-order valence-electron chi connectivity index (χ0n) is 7.79. The molecule has 0 fully saturated rings. The molecule has 0 bridgehead atoms. The van der Waals surface area contributed by atoms with Gasteiger partial charge in [-0.05, 0) is 6.07 Å². The number of rotatable bonds is 0. The van der Waals surface area contributed by atoms with E-state index in [2.05, 4.69) is 0 Å². The maximum atomic E-state index is 12.4.